The fourth-order valence-corrected chi connectivity index (χ4v) is 10.8. The number of carboxylic acid groups (broad SMARTS) is 1. The highest BCUT2D eigenvalue weighted by Crippen LogP contribution is 2.38. The second-order valence-corrected chi connectivity index (χ2v) is 21.1. The Morgan fingerprint density at radius 3 is 0.941 bits per heavy atom. The Hall–Kier alpha value is -2.91. The molecule has 7 aliphatic heterocycles. The second-order valence-electron chi connectivity index (χ2n) is 21.1. The minimum absolute atomic E-state index is 0.893. The number of carbonyl (C=O) groups excluding carboxylic acids is 2. The zero-order valence-corrected chi connectivity index (χ0v) is 44.9. The average Bonchev–Trinajstić information content (AvgIpc) is 3.57. The quantitative estimate of drug-likeness (QED) is 0.0507. The molecule has 0 radical (unpaired) electrons. The minimum atomic E-state index is -2.30. The minimum Gasteiger partial charge on any atom is -0.479 e. The number of carbonyl (C=O) groups is 3. The lowest BCUT2D eigenvalue weighted by Gasteiger charge is -2.51. The number of rotatable bonds is 21. The highest BCUT2D eigenvalue weighted by molar-refractivity contribution is 5.74. The molecule has 0 aromatic rings. The van der Waals surface area contributed by atoms with E-state index in [1.54, 1.807) is 0 Å². The third-order valence-electron chi connectivity index (χ3n) is 15.3. The monoisotopic (exact) mass is 1250 g/mol. The summed E-state index contributed by atoms with van der Waals surface area (Å²) in [6.07, 6.45) is -66.7. The fourth-order valence-electron chi connectivity index (χ4n) is 10.8. The lowest BCUT2D eigenvalue weighted by molar-refractivity contribution is -0.389. The van der Waals surface area contributed by atoms with Crippen LogP contribution in [0.25, 0.3) is 0 Å². The number of aliphatic hydroxyl groups excluding tert-OH is 20. The molecule has 39 heteroatoms. The van der Waals surface area contributed by atoms with Crippen molar-refractivity contribution in [1.82, 2.24) is 10.6 Å². The van der Waals surface area contributed by atoms with Gasteiger partial charge in [0.15, 0.2) is 50.1 Å². The summed E-state index contributed by atoms with van der Waals surface area (Å²) in [5.41, 5.74) is 0. The summed E-state index contributed by atoms with van der Waals surface area (Å²) >= 11 is 0. The molecule has 2 amide bonds. The van der Waals surface area contributed by atoms with Crippen molar-refractivity contribution in [2.75, 3.05) is 39.6 Å². The van der Waals surface area contributed by atoms with E-state index in [2.05, 4.69) is 10.6 Å². The lowest BCUT2D eigenvalue weighted by Crippen LogP contribution is -2.71. The zero-order valence-electron chi connectivity index (χ0n) is 44.9. The van der Waals surface area contributed by atoms with Gasteiger partial charge in [0.05, 0.1) is 39.6 Å². The number of hydrogen-bond acceptors (Lipinski definition) is 36. The van der Waals surface area contributed by atoms with Gasteiger partial charge in [-0.1, -0.05) is 0 Å². The van der Waals surface area contributed by atoms with Crippen molar-refractivity contribution < 1.29 is 183 Å². The highest BCUT2D eigenvalue weighted by Gasteiger charge is 2.59. The molecule has 492 valence electrons. The zero-order chi connectivity index (χ0) is 62.8. The molecule has 0 saturated carbocycles. The van der Waals surface area contributed by atoms with E-state index in [0.29, 0.717) is 0 Å². The smallest absolute Gasteiger partial charge is 0.335 e. The SMILES string of the molecule is CC(=O)N[C@H]1[C@H](O[C@H]2[C@@H](O)[C@@H](CO)O[C@@H](O[C@H]3[C@H](O)[C@@H](O)[C@H](O)O[C@@H]3CO)[C@@H]2O)O[C@H](CO)[C@@H](O[C@@H]2O[C@H](CO)[C@H](O)[C@H](O[C@@H]3O[C@H](CO)[C@@H](O[C@@H]4O[C@H](CO)[C@H](O)[C@H](O[C@@H]5O[C@H](C(=O)O)[C@@H](O)[C@H](O)[C@H]5O)[C@H]4O)[C@H](O)[C@H]3NC(C)=O)[C@H]2O)[C@@H]1O. The maximum absolute atomic E-state index is 12.7. The molecule has 0 unspecified atom stereocenters. The Morgan fingerprint density at radius 2 is 0.612 bits per heavy atom. The van der Waals surface area contributed by atoms with Crippen LogP contribution in [0.15, 0.2) is 0 Å². The third-order valence-corrected chi connectivity index (χ3v) is 15.3. The molecule has 35 atom stereocenters. The number of ether oxygens (including phenoxy) is 13. The molecule has 7 fully saturated rings. The summed E-state index contributed by atoms with van der Waals surface area (Å²) in [6, 6.07) is -3.72. The Labute approximate surface area is 479 Å². The van der Waals surface area contributed by atoms with Gasteiger partial charge >= 0.3 is 5.97 Å². The average molecular weight is 1250 g/mol. The summed E-state index contributed by atoms with van der Waals surface area (Å²) in [7, 11) is 0. The second kappa shape index (κ2) is 29.8. The molecule has 85 heavy (non-hydrogen) atoms. The Kier molecular flexibility index (Phi) is 24.4. The lowest BCUT2D eigenvalue weighted by atomic mass is 9.93. The van der Waals surface area contributed by atoms with Crippen molar-refractivity contribution >= 4 is 17.8 Å². The van der Waals surface area contributed by atoms with E-state index in [1.807, 2.05) is 0 Å². The first-order valence-electron chi connectivity index (χ1n) is 26.6. The van der Waals surface area contributed by atoms with Crippen LogP contribution in [-0.4, -0.2) is 379 Å². The first kappa shape index (κ1) is 69.6. The Balaban J connectivity index is 1.08. The van der Waals surface area contributed by atoms with Crippen LogP contribution in [0.3, 0.4) is 0 Å². The van der Waals surface area contributed by atoms with E-state index in [1.165, 1.54) is 0 Å². The van der Waals surface area contributed by atoms with E-state index in [-0.39, 0.29) is 0 Å². The molecule has 0 bridgehead atoms. The summed E-state index contributed by atoms with van der Waals surface area (Å²) in [4.78, 5) is 37.1. The van der Waals surface area contributed by atoms with Crippen LogP contribution >= 0.6 is 0 Å². The predicted octanol–water partition coefficient (Wildman–Crippen LogP) is -15.9. The number of aliphatic carboxylic acids is 1. The van der Waals surface area contributed by atoms with Gasteiger partial charge in [-0.2, -0.15) is 0 Å². The van der Waals surface area contributed by atoms with Crippen molar-refractivity contribution in [2.24, 2.45) is 0 Å². The first-order chi connectivity index (χ1) is 40.2. The molecular formula is C46H76N2O37. The van der Waals surface area contributed by atoms with Crippen LogP contribution in [0.4, 0.5) is 0 Å². The van der Waals surface area contributed by atoms with Gasteiger partial charge in [0.25, 0.3) is 0 Å². The van der Waals surface area contributed by atoms with Crippen LogP contribution < -0.4 is 10.6 Å². The van der Waals surface area contributed by atoms with Gasteiger partial charge in [-0.3, -0.25) is 9.59 Å². The van der Waals surface area contributed by atoms with Crippen molar-refractivity contribution in [1.29, 1.82) is 0 Å². The van der Waals surface area contributed by atoms with Crippen LogP contribution in [0, 0.1) is 0 Å². The van der Waals surface area contributed by atoms with Crippen molar-refractivity contribution in [3.05, 3.63) is 0 Å². The number of nitrogens with one attached hydrogen (secondary N) is 2. The van der Waals surface area contributed by atoms with Gasteiger partial charge < -0.3 is 179 Å². The van der Waals surface area contributed by atoms with Gasteiger partial charge in [0.2, 0.25) is 11.8 Å². The molecule has 7 aliphatic rings. The van der Waals surface area contributed by atoms with Gasteiger partial charge in [0.1, 0.15) is 165 Å². The maximum Gasteiger partial charge on any atom is 0.335 e. The van der Waals surface area contributed by atoms with E-state index in [9.17, 15) is 122 Å². The van der Waals surface area contributed by atoms with Gasteiger partial charge in [-0.05, 0) is 0 Å². The molecule has 0 aromatic heterocycles. The van der Waals surface area contributed by atoms with Gasteiger partial charge in [-0.25, -0.2) is 4.79 Å². The van der Waals surface area contributed by atoms with Crippen molar-refractivity contribution in [3.8, 4) is 0 Å². The molecule has 39 nitrogen and oxygen atoms in total. The molecule has 7 rings (SSSR count). The van der Waals surface area contributed by atoms with Gasteiger partial charge in [0, 0.05) is 13.8 Å². The van der Waals surface area contributed by atoms with Gasteiger partial charge in [-0.15, -0.1) is 0 Å². The van der Waals surface area contributed by atoms with Crippen molar-refractivity contribution in [2.45, 2.75) is 229 Å². The highest BCUT2D eigenvalue weighted by atomic mass is 16.8. The van der Waals surface area contributed by atoms with E-state index >= 15 is 0 Å². The Morgan fingerprint density at radius 1 is 0.318 bits per heavy atom. The molecular weight excluding hydrogens is 1170 g/mol. The largest absolute Gasteiger partial charge is 0.479 e. The molecule has 0 spiro atoms. The molecule has 0 aromatic carbocycles. The summed E-state index contributed by atoms with van der Waals surface area (Å²) in [5.74, 6) is -3.63. The third kappa shape index (κ3) is 14.8. The number of aliphatic hydroxyl groups is 20. The summed E-state index contributed by atoms with van der Waals surface area (Å²) in [6.45, 7) is -4.36. The van der Waals surface area contributed by atoms with Crippen LogP contribution in [0.2, 0.25) is 0 Å². The molecule has 0 aliphatic carbocycles. The molecule has 7 saturated heterocycles. The van der Waals surface area contributed by atoms with Crippen LogP contribution in [0.1, 0.15) is 13.8 Å². The van der Waals surface area contributed by atoms with E-state index in [4.69, 9.17) is 61.6 Å². The summed E-state index contributed by atoms with van der Waals surface area (Å²) in [5, 5.41) is 230. The summed E-state index contributed by atoms with van der Waals surface area (Å²) < 4.78 is 73.5. The van der Waals surface area contributed by atoms with Crippen LogP contribution in [0.5, 0.6) is 0 Å². The predicted molar refractivity (Wildman–Crippen MR) is 256 cm³/mol. The van der Waals surface area contributed by atoms with E-state index < -0.39 is 272 Å². The number of amides is 2. The van der Waals surface area contributed by atoms with E-state index in [0.717, 1.165) is 13.8 Å². The maximum atomic E-state index is 12.7. The topological polar surface area (TPSA) is 620 Å². The molecule has 23 N–H and O–H groups in total. The number of hydrogen-bond donors (Lipinski definition) is 23. The standard InChI is InChI=1S/C46H76N2O37/c1-9(55)47-17-22(60)32(15(7-53)77-42(17)83-36-20(58)12(4-50)76-46(30(36)68)81-34-14(6-52)73-40(72)27(65)26(34)64)79-44-29(67)35(19(57)11(3-49)74-44)82-41-18(48-10(2)56)23(61)33(16(8-54)78-41)80-45-31(69)37(21(59)13(5-51)75-45)84-43-28(66)24(62)25(63)38(85-43)39(70)71/h11-38,40-46,49-54,57-69,72H,3-8H2,1-2H3,(H,47,55)(H,48,56)(H,70,71)/t11-,12-,13-,14-,15-,16-,17-,18-,19+,20+,21+,22-,23-,24+,25+,26-,27-,28-,29-,30-,31-,32-,33-,34-,35+,36+,37+,38+,40-,41+,42+,43-,44+,45+,46+/m1/s1. The fraction of sp³-hybridized carbons (Fsp3) is 0.935. The van der Waals surface area contributed by atoms with Crippen LogP contribution in [-0.2, 0) is 76.0 Å². The van der Waals surface area contributed by atoms with Crippen molar-refractivity contribution in [3.63, 3.8) is 0 Å². The molecule has 7 heterocycles. The number of carboxylic acids is 1. The Bertz CT molecular complexity index is 2150. The first-order valence-corrected chi connectivity index (χ1v) is 26.6. The normalized spacial score (nSPS) is 49.8.